The van der Waals surface area contributed by atoms with Crippen LogP contribution in [-0.2, 0) is 4.84 Å². The molecule has 0 unspecified atom stereocenters. The van der Waals surface area contributed by atoms with Gasteiger partial charge in [-0.15, -0.1) is 0 Å². The van der Waals surface area contributed by atoms with Crippen LogP contribution < -0.4 is 5.48 Å². The molecule has 5 heteroatoms. The number of nitrogens with zero attached hydrogens (tertiary/aromatic N) is 1. The summed E-state index contributed by atoms with van der Waals surface area (Å²) in [6.07, 6.45) is 5.92. The number of rotatable bonds is 3. The normalized spacial score (nSPS) is 16.1. The smallest absolute Gasteiger partial charge is 0.270 e. The molecule has 0 radical (unpaired) electrons. The Labute approximate surface area is 105 Å². The summed E-state index contributed by atoms with van der Waals surface area (Å²) >= 11 is 5.96. The van der Waals surface area contributed by atoms with Crippen molar-refractivity contribution in [3.63, 3.8) is 0 Å². The van der Waals surface area contributed by atoms with Gasteiger partial charge in [0.05, 0.1) is 16.7 Å². The standard InChI is InChI=1S/C12H15ClN2O2/c1-8-6-11(13)10(7-14-8)12(16)15-17-9-4-2-3-5-9/h6-7,9H,2-5H2,1H3,(H,15,16). The molecule has 1 aromatic heterocycles. The van der Waals surface area contributed by atoms with Crippen molar-refractivity contribution < 1.29 is 9.63 Å². The van der Waals surface area contributed by atoms with Crippen LogP contribution in [0.4, 0.5) is 0 Å². The Morgan fingerprint density at radius 2 is 2.24 bits per heavy atom. The lowest BCUT2D eigenvalue weighted by Crippen LogP contribution is -2.28. The molecular weight excluding hydrogens is 240 g/mol. The fourth-order valence-corrected chi connectivity index (χ4v) is 2.18. The van der Waals surface area contributed by atoms with E-state index in [9.17, 15) is 4.79 Å². The number of carbonyl (C=O) groups is 1. The monoisotopic (exact) mass is 254 g/mol. The van der Waals surface area contributed by atoms with Crippen molar-refractivity contribution in [1.82, 2.24) is 10.5 Å². The third kappa shape index (κ3) is 3.17. The van der Waals surface area contributed by atoms with Crippen LogP contribution >= 0.6 is 11.6 Å². The van der Waals surface area contributed by atoms with Crippen LogP contribution in [0.25, 0.3) is 0 Å². The van der Waals surface area contributed by atoms with Crippen molar-refractivity contribution in [1.29, 1.82) is 0 Å². The minimum absolute atomic E-state index is 0.135. The summed E-state index contributed by atoms with van der Waals surface area (Å²) in [5, 5.41) is 0.394. The number of halogens is 1. The minimum Gasteiger partial charge on any atom is -0.270 e. The van der Waals surface area contributed by atoms with Crippen molar-refractivity contribution in [3.05, 3.63) is 28.5 Å². The second-order valence-electron chi connectivity index (χ2n) is 4.26. The molecule has 1 N–H and O–H groups in total. The van der Waals surface area contributed by atoms with Gasteiger partial charge in [-0.25, -0.2) is 5.48 Å². The van der Waals surface area contributed by atoms with Gasteiger partial charge in [-0.05, 0) is 25.8 Å². The first-order chi connectivity index (χ1) is 8.16. The van der Waals surface area contributed by atoms with E-state index < -0.39 is 0 Å². The molecule has 1 heterocycles. The third-order valence-corrected chi connectivity index (χ3v) is 3.17. The fraction of sp³-hybridized carbons (Fsp3) is 0.500. The maximum atomic E-state index is 11.8. The summed E-state index contributed by atoms with van der Waals surface area (Å²) < 4.78 is 0. The topological polar surface area (TPSA) is 51.2 Å². The fourth-order valence-electron chi connectivity index (χ4n) is 1.89. The summed E-state index contributed by atoms with van der Waals surface area (Å²) in [5.74, 6) is -0.339. The number of hydrogen-bond donors (Lipinski definition) is 1. The Kier molecular flexibility index (Phi) is 3.97. The van der Waals surface area contributed by atoms with E-state index >= 15 is 0 Å². The van der Waals surface area contributed by atoms with Crippen LogP contribution in [0.5, 0.6) is 0 Å². The summed E-state index contributed by atoms with van der Waals surface area (Å²) in [4.78, 5) is 21.1. The molecule has 1 saturated carbocycles. The number of nitrogens with one attached hydrogen (secondary N) is 1. The Balaban J connectivity index is 1.94. The number of aryl methyl sites for hydroxylation is 1. The Bertz CT molecular complexity index is 417. The number of hydroxylamine groups is 1. The minimum atomic E-state index is -0.339. The molecule has 4 nitrogen and oxygen atoms in total. The van der Waals surface area contributed by atoms with E-state index in [4.69, 9.17) is 16.4 Å². The first-order valence-electron chi connectivity index (χ1n) is 5.75. The maximum absolute atomic E-state index is 11.8. The molecule has 17 heavy (non-hydrogen) atoms. The first-order valence-corrected chi connectivity index (χ1v) is 6.13. The van der Waals surface area contributed by atoms with E-state index in [2.05, 4.69) is 10.5 Å². The van der Waals surface area contributed by atoms with Gasteiger partial charge in [0.15, 0.2) is 0 Å². The molecule has 1 fully saturated rings. The van der Waals surface area contributed by atoms with E-state index in [1.807, 2.05) is 6.92 Å². The Morgan fingerprint density at radius 1 is 1.53 bits per heavy atom. The quantitative estimate of drug-likeness (QED) is 0.844. The van der Waals surface area contributed by atoms with Gasteiger partial charge >= 0.3 is 0 Å². The highest BCUT2D eigenvalue weighted by molar-refractivity contribution is 6.33. The van der Waals surface area contributed by atoms with Crippen LogP contribution in [0.1, 0.15) is 41.7 Å². The molecule has 0 spiro atoms. The molecule has 0 aromatic carbocycles. The molecule has 0 saturated heterocycles. The van der Waals surface area contributed by atoms with Crippen molar-refractivity contribution in [2.75, 3.05) is 0 Å². The predicted molar refractivity (Wildman–Crippen MR) is 64.8 cm³/mol. The number of pyridine rings is 1. The van der Waals surface area contributed by atoms with Crippen molar-refractivity contribution in [3.8, 4) is 0 Å². The zero-order valence-electron chi connectivity index (χ0n) is 9.70. The molecular formula is C12H15ClN2O2. The predicted octanol–water partition coefficient (Wildman–Crippen LogP) is 2.65. The van der Waals surface area contributed by atoms with E-state index in [0.717, 1.165) is 31.4 Å². The number of amides is 1. The molecule has 92 valence electrons. The largest absolute Gasteiger partial charge is 0.277 e. The number of aromatic nitrogens is 1. The number of hydrogen-bond acceptors (Lipinski definition) is 3. The average Bonchev–Trinajstić information content (AvgIpc) is 2.78. The molecule has 1 aliphatic rings. The lowest BCUT2D eigenvalue weighted by atomic mass is 10.2. The van der Waals surface area contributed by atoms with Gasteiger partial charge in [0.2, 0.25) is 0 Å². The van der Waals surface area contributed by atoms with Crippen LogP contribution in [0.3, 0.4) is 0 Å². The summed E-state index contributed by atoms with van der Waals surface area (Å²) in [7, 11) is 0. The van der Waals surface area contributed by atoms with E-state index in [-0.39, 0.29) is 12.0 Å². The lowest BCUT2D eigenvalue weighted by molar-refractivity contribution is -0.0125. The highest BCUT2D eigenvalue weighted by atomic mass is 35.5. The zero-order valence-corrected chi connectivity index (χ0v) is 10.5. The van der Waals surface area contributed by atoms with Gasteiger partial charge in [-0.3, -0.25) is 14.6 Å². The lowest BCUT2D eigenvalue weighted by Gasteiger charge is -2.11. The van der Waals surface area contributed by atoms with Crippen molar-refractivity contribution in [2.24, 2.45) is 0 Å². The molecule has 0 atom stereocenters. The van der Waals surface area contributed by atoms with Gasteiger partial charge < -0.3 is 0 Å². The maximum Gasteiger partial charge on any atom is 0.277 e. The average molecular weight is 255 g/mol. The zero-order chi connectivity index (χ0) is 12.3. The Morgan fingerprint density at radius 3 is 2.88 bits per heavy atom. The first kappa shape index (κ1) is 12.3. The SMILES string of the molecule is Cc1cc(Cl)c(C(=O)NOC2CCCC2)cn1. The van der Waals surface area contributed by atoms with Crippen LogP contribution in [-0.4, -0.2) is 17.0 Å². The van der Waals surface area contributed by atoms with Crippen LogP contribution in [0, 0.1) is 6.92 Å². The Hall–Kier alpha value is -1.13. The van der Waals surface area contributed by atoms with E-state index in [1.165, 1.54) is 6.20 Å². The van der Waals surface area contributed by atoms with Gasteiger partial charge in [0.1, 0.15) is 0 Å². The van der Waals surface area contributed by atoms with Crippen molar-refractivity contribution in [2.45, 2.75) is 38.7 Å². The molecule has 2 rings (SSSR count). The van der Waals surface area contributed by atoms with Crippen LogP contribution in [0.2, 0.25) is 5.02 Å². The second kappa shape index (κ2) is 5.47. The van der Waals surface area contributed by atoms with Gasteiger partial charge in [0.25, 0.3) is 5.91 Å². The van der Waals surface area contributed by atoms with E-state index in [0.29, 0.717) is 10.6 Å². The van der Waals surface area contributed by atoms with E-state index in [1.54, 1.807) is 6.07 Å². The van der Waals surface area contributed by atoms with Gasteiger partial charge in [0, 0.05) is 11.9 Å². The molecule has 1 amide bonds. The number of carbonyl (C=O) groups excluding carboxylic acids is 1. The highest BCUT2D eigenvalue weighted by Crippen LogP contribution is 2.20. The molecule has 0 aliphatic heterocycles. The summed E-state index contributed by atoms with van der Waals surface area (Å²) in [6.45, 7) is 1.82. The van der Waals surface area contributed by atoms with Crippen molar-refractivity contribution >= 4 is 17.5 Å². The highest BCUT2D eigenvalue weighted by Gasteiger charge is 2.18. The summed E-state index contributed by atoms with van der Waals surface area (Å²) in [6, 6.07) is 1.66. The van der Waals surface area contributed by atoms with Crippen LogP contribution in [0.15, 0.2) is 12.3 Å². The molecule has 0 bridgehead atoms. The molecule has 1 aromatic rings. The third-order valence-electron chi connectivity index (χ3n) is 2.86. The van der Waals surface area contributed by atoms with Gasteiger partial charge in [-0.1, -0.05) is 24.4 Å². The summed E-state index contributed by atoms with van der Waals surface area (Å²) in [5.41, 5.74) is 3.56. The van der Waals surface area contributed by atoms with Gasteiger partial charge in [-0.2, -0.15) is 0 Å². The molecule has 1 aliphatic carbocycles. The second-order valence-corrected chi connectivity index (χ2v) is 4.67.